The lowest BCUT2D eigenvalue weighted by atomic mass is 10.1. The molecule has 0 saturated carbocycles. The zero-order valence-electron chi connectivity index (χ0n) is 20.8. The summed E-state index contributed by atoms with van der Waals surface area (Å²) in [6.07, 6.45) is 3.73. The molecule has 0 bridgehead atoms. The van der Waals surface area contributed by atoms with Gasteiger partial charge >= 0.3 is 0 Å². The summed E-state index contributed by atoms with van der Waals surface area (Å²) < 4.78 is 25.2. The fourth-order valence-corrected chi connectivity index (χ4v) is 4.15. The molecule has 0 aliphatic carbocycles. The minimum atomic E-state index is -1.10. The van der Waals surface area contributed by atoms with Gasteiger partial charge in [0.05, 0.1) is 26.9 Å². The van der Waals surface area contributed by atoms with Crippen LogP contribution in [-0.2, 0) is 17.8 Å². The van der Waals surface area contributed by atoms with E-state index in [4.69, 9.17) is 18.9 Å². The van der Waals surface area contributed by atoms with Crippen LogP contribution in [0, 0.1) is 13.8 Å². The van der Waals surface area contributed by atoms with E-state index in [1.165, 1.54) is 5.56 Å². The van der Waals surface area contributed by atoms with Crippen molar-refractivity contribution in [3.05, 3.63) is 71.8 Å². The van der Waals surface area contributed by atoms with E-state index in [0.29, 0.717) is 44.3 Å². The molecule has 1 aromatic heterocycles. The average molecular weight is 482 g/mol. The highest BCUT2D eigenvalue weighted by molar-refractivity contribution is 5.43. The second kappa shape index (κ2) is 11.6. The Morgan fingerprint density at radius 2 is 1.91 bits per heavy atom. The predicted octanol–water partition coefficient (Wildman–Crippen LogP) is 3.23. The summed E-state index contributed by atoms with van der Waals surface area (Å²) in [4.78, 5) is 6.42. The number of methoxy groups -OCH3 is 1. The van der Waals surface area contributed by atoms with Crippen LogP contribution >= 0.6 is 0 Å². The largest absolute Gasteiger partial charge is 0.493 e. The number of hydrogen-bond acceptors (Lipinski definition) is 7. The van der Waals surface area contributed by atoms with Crippen molar-refractivity contribution in [1.82, 2.24) is 14.5 Å². The average Bonchev–Trinajstić information content (AvgIpc) is 3.17. The number of ether oxygens (including phenoxy) is 4. The van der Waals surface area contributed by atoms with Gasteiger partial charge in [0.15, 0.2) is 11.5 Å². The van der Waals surface area contributed by atoms with Crippen molar-refractivity contribution in [3.8, 4) is 17.2 Å². The van der Waals surface area contributed by atoms with Crippen LogP contribution in [0.3, 0.4) is 0 Å². The van der Waals surface area contributed by atoms with Gasteiger partial charge in [-0.05, 0) is 43.7 Å². The maximum atomic E-state index is 11.2. The van der Waals surface area contributed by atoms with Crippen molar-refractivity contribution in [1.29, 1.82) is 0 Å². The zero-order chi connectivity index (χ0) is 24.7. The smallest absolute Gasteiger partial charge is 0.161 e. The van der Waals surface area contributed by atoms with E-state index in [1.807, 2.05) is 67.1 Å². The van der Waals surface area contributed by atoms with Crippen molar-refractivity contribution in [2.24, 2.45) is 0 Å². The van der Waals surface area contributed by atoms with Crippen molar-refractivity contribution in [2.45, 2.75) is 32.5 Å². The number of aliphatic hydroxyl groups is 1. The summed E-state index contributed by atoms with van der Waals surface area (Å²) in [5, 5.41) is 11.2. The van der Waals surface area contributed by atoms with E-state index < -0.39 is 5.60 Å². The van der Waals surface area contributed by atoms with E-state index >= 15 is 0 Å². The quantitative estimate of drug-likeness (QED) is 0.476. The van der Waals surface area contributed by atoms with Gasteiger partial charge in [0.2, 0.25) is 0 Å². The molecule has 2 aromatic carbocycles. The number of aryl methyl sites for hydroxylation is 2. The highest BCUT2D eigenvalue weighted by Crippen LogP contribution is 2.29. The second-order valence-corrected chi connectivity index (χ2v) is 9.09. The van der Waals surface area contributed by atoms with Gasteiger partial charge in [-0.25, -0.2) is 4.98 Å². The molecule has 3 aromatic rings. The molecule has 1 saturated heterocycles. The number of benzene rings is 2. The highest BCUT2D eigenvalue weighted by Gasteiger charge is 2.33. The number of hydrogen-bond donors (Lipinski definition) is 1. The molecule has 188 valence electrons. The van der Waals surface area contributed by atoms with Crippen LogP contribution in [0.25, 0.3) is 0 Å². The molecule has 1 fully saturated rings. The normalized spacial score (nSPS) is 18.7. The Bertz CT molecular complexity index is 1080. The Morgan fingerprint density at radius 3 is 2.66 bits per heavy atom. The molecular weight excluding hydrogens is 446 g/mol. The lowest BCUT2D eigenvalue weighted by molar-refractivity contribution is -0.0646. The predicted molar refractivity (Wildman–Crippen MR) is 133 cm³/mol. The Balaban J connectivity index is 1.35. The summed E-state index contributed by atoms with van der Waals surface area (Å²) in [6.45, 7) is 8.02. The summed E-state index contributed by atoms with van der Waals surface area (Å²) >= 11 is 0. The standard InChI is InChI=1S/C27H35N3O5/c1-21-4-7-24(8-5-21)35-20-27(31)18-29(12-14-33-19-27)17-23-6-9-25(26(16-23)32-3)34-15-13-30-11-10-28-22(30)2/h4-11,16,31H,12-15,17-20H2,1-3H3. The van der Waals surface area contributed by atoms with Gasteiger partial charge in [0, 0.05) is 32.0 Å². The molecule has 1 unspecified atom stereocenters. The van der Waals surface area contributed by atoms with E-state index in [-0.39, 0.29) is 13.2 Å². The van der Waals surface area contributed by atoms with Crippen LogP contribution in [0.4, 0.5) is 0 Å². The Morgan fingerprint density at radius 1 is 1.09 bits per heavy atom. The first kappa shape index (κ1) is 25.0. The summed E-state index contributed by atoms with van der Waals surface area (Å²) in [7, 11) is 1.65. The molecule has 8 heteroatoms. The molecule has 0 spiro atoms. The van der Waals surface area contributed by atoms with Gasteiger partial charge in [0.1, 0.15) is 30.4 Å². The van der Waals surface area contributed by atoms with Crippen molar-refractivity contribution >= 4 is 0 Å². The summed E-state index contributed by atoms with van der Waals surface area (Å²) in [6, 6.07) is 13.8. The Hall–Kier alpha value is -3.07. The van der Waals surface area contributed by atoms with Crippen LogP contribution in [0.1, 0.15) is 17.0 Å². The van der Waals surface area contributed by atoms with Gasteiger partial charge in [-0.15, -0.1) is 0 Å². The maximum absolute atomic E-state index is 11.2. The first-order valence-corrected chi connectivity index (χ1v) is 11.9. The Kier molecular flexibility index (Phi) is 8.28. The fraction of sp³-hybridized carbons (Fsp3) is 0.444. The zero-order valence-corrected chi connectivity index (χ0v) is 20.8. The van der Waals surface area contributed by atoms with Gasteiger partial charge < -0.3 is 28.6 Å². The molecule has 1 atom stereocenters. The maximum Gasteiger partial charge on any atom is 0.161 e. The first-order chi connectivity index (χ1) is 16.9. The molecule has 1 N–H and O–H groups in total. The monoisotopic (exact) mass is 481 g/mol. The van der Waals surface area contributed by atoms with Gasteiger partial charge in [0.25, 0.3) is 0 Å². The lowest BCUT2D eigenvalue weighted by Crippen LogP contribution is -2.48. The van der Waals surface area contributed by atoms with Crippen LogP contribution in [0.2, 0.25) is 0 Å². The lowest BCUT2D eigenvalue weighted by Gasteiger charge is -2.30. The van der Waals surface area contributed by atoms with E-state index in [1.54, 1.807) is 13.3 Å². The van der Waals surface area contributed by atoms with Crippen molar-refractivity contribution in [3.63, 3.8) is 0 Å². The highest BCUT2D eigenvalue weighted by atomic mass is 16.5. The van der Waals surface area contributed by atoms with E-state index in [9.17, 15) is 5.11 Å². The van der Waals surface area contributed by atoms with Crippen LogP contribution in [0.5, 0.6) is 17.2 Å². The Labute approximate surface area is 207 Å². The van der Waals surface area contributed by atoms with Gasteiger partial charge in [-0.1, -0.05) is 23.8 Å². The molecule has 4 rings (SSSR count). The third-order valence-electron chi connectivity index (χ3n) is 6.12. The number of imidazole rings is 1. The van der Waals surface area contributed by atoms with Crippen molar-refractivity contribution < 1.29 is 24.1 Å². The molecule has 8 nitrogen and oxygen atoms in total. The number of aromatic nitrogens is 2. The third kappa shape index (κ3) is 6.97. The topological polar surface area (TPSA) is 78.2 Å². The van der Waals surface area contributed by atoms with Crippen LogP contribution in [0.15, 0.2) is 54.9 Å². The first-order valence-electron chi connectivity index (χ1n) is 11.9. The molecule has 1 aliphatic rings. The number of nitrogens with zero attached hydrogens (tertiary/aromatic N) is 3. The van der Waals surface area contributed by atoms with Gasteiger partial charge in [-0.2, -0.15) is 0 Å². The molecular formula is C27H35N3O5. The number of β-amino-alcohol motifs (C(OH)–C–C–N with tert-alkyl or cyclic N) is 1. The van der Waals surface area contributed by atoms with E-state index in [2.05, 4.69) is 9.88 Å². The number of rotatable bonds is 10. The fourth-order valence-electron chi connectivity index (χ4n) is 4.15. The van der Waals surface area contributed by atoms with Crippen LogP contribution in [-0.4, -0.2) is 71.8 Å². The molecule has 1 aliphatic heterocycles. The second-order valence-electron chi connectivity index (χ2n) is 9.09. The molecule has 2 heterocycles. The molecule has 0 amide bonds. The van der Waals surface area contributed by atoms with Crippen molar-refractivity contribution in [2.75, 3.05) is 46.6 Å². The summed E-state index contributed by atoms with van der Waals surface area (Å²) in [5.41, 5.74) is 1.14. The minimum absolute atomic E-state index is 0.166. The molecule has 0 radical (unpaired) electrons. The SMILES string of the molecule is COc1cc(CN2CCOCC(O)(COc3ccc(C)cc3)C2)ccc1OCCn1ccnc1C. The third-order valence-corrected chi connectivity index (χ3v) is 6.12. The van der Waals surface area contributed by atoms with Gasteiger partial charge in [-0.3, -0.25) is 4.90 Å². The summed E-state index contributed by atoms with van der Waals surface area (Å²) in [5.74, 6) is 3.09. The van der Waals surface area contributed by atoms with E-state index in [0.717, 1.165) is 23.7 Å². The minimum Gasteiger partial charge on any atom is -0.493 e. The van der Waals surface area contributed by atoms with Crippen LogP contribution < -0.4 is 14.2 Å². The molecule has 35 heavy (non-hydrogen) atoms.